The number of carbonyl (C=O) groups excluding carboxylic acids is 1. The lowest BCUT2D eigenvalue weighted by atomic mass is 9.86. The average Bonchev–Trinajstić information content (AvgIpc) is 3.25. The van der Waals surface area contributed by atoms with E-state index in [9.17, 15) is 13.2 Å². The Balaban J connectivity index is 1.88. The number of likely N-dealkylation sites (N-methyl/N-ethyl adjacent to an activating group) is 1. The number of rotatable bonds is 4. The lowest BCUT2D eigenvalue weighted by molar-refractivity contribution is -0.140. The third-order valence-electron chi connectivity index (χ3n) is 4.74. The van der Waals surface area contributed by atoms with E-state index in [0.717, 1.165) is 5.56 Å². The molecule has 0 aromatic carbocycles. The Hall–Kier alpha value is -1.71. The van der Waals surface area contributed by atoms with Crippen LogP contribution in [0.25, 0.3) is 0 Å². The third-order valence-corrected chi connectivity index (χ3v) is 8.31. The summed E-state index contributed by atoms with van der Waals surface area (Å²) in [7, 11) is -0.0695. The molecule has 9 heteroatoms. The highest BCUT2D eigenvalue weighted by Gasteiger charge is 2.46. The van der Waals surface area contributed by atoms with E-state index in [4.69, 9.17) is 0 Å². The second-order valence-corrected chi connectivity index (χ2v) is 9.55. The van der Waals surface area contributed by atoms with Gasteiger partial charge in [-0.05, 0) is 36.8 Å². The Morgan fingerprint density at radius 2 is 2.00 bits per heavy atom. The van der Waals surface area contributed by atoms with Crippen LogP contribution in [0.1, 0.15) is 18.4 Å². The summed E-state index contributed by atoms with van der Waals surface area (Å²) < 4.78 is 29.5. The van der Waals surface area contributed by atoms with E-state index in [1.54, 1.807) is 50.0 Å². The van der Waals surface area contributed by atoms with Gasteiger partial charge >= 0.3 is 0 Å². The monoisotopic (exact) mass is 382 g/mol. The van der Waals surface area contributed by atoms with Crippen LogP contribution in [0.4, 0.5) is 0 Å². The summed E-state index contributed by atoms with van der Waals surface area (Å²) in [5, 5.41) is 1.79. The van der Waals surface area contributed by atoms with Gasteiger partial charge < -0.3 is 9.47 Å². The molecule has 2 aromatic heterocycles. The van der Waals surface area contributed by atoms with Crippen LogP contribution in [0.15, 0.2) is 34.4 Å². The molecule has 1 aliphatic rings. The van der Waals surface area contributed by atoms with Crippen molar-refractivity contribution < 1.29 is 13.2 Å². The quantitative estimate of drug-likeness (QED) is 0.803. The fourth-order valence-electron chi connectivity index (χ4n) is 3.35. The van der Waals surface area contributed by atoms with Gasteiger partial charge in [0.2, 0.25) is 5.91 Å². The van der Waals surface area contributed by atoms with Crippen molar-refractivity contribution in [2.45, 2.75) is 29.5 Å². The number of amides is 1. The van der Waals surface area contributed by atoms with Crippen molar-refractivity contribution in [3.8, 4) is 0 Å². The Bertz CT molecular complexity index is 848. The van der Waals surface area contributed by atoms with Gasteiger partial charge in [0.15, 0.2) is 0 Å². The largest absolute Gasteiger partial charge is 0.347 e. The molecule has 0 radical (unpaired) electrons. The molecule has 1 saturated heterocycles. The first kappa shape index (κ1) is 18.1. The van der Waals surface area contributed by atoms with E-state index in [-0.39, 0.29) is 5.91 Å². The number of hydrogen-bond donors (Lipinski definition) is 0. The van der Waals surface area contributed by atoms with E-state index < -0.39 is 15.6 Å². The number of aromatic nitrogens is 2. The third kappa shape index (κ3) is 3.00. The highest BCUT2D eigenvalue weighted by molar-refractivity contribution is 7.91. The highest BCUT2D eigenvalue weighted by Crippen LogP contribution is 2.35. The lowest BCUT2D eigenvalue weighted by Crippen LogP contribution is -2.55. The fourth-order valence-corrected chi connectivity index (χ4v) is 6.34. The van der Waals surface area contributed by atoms with Crippen LogP contribution in [0.5, 0.6) is 0 Å². The summed E-state index contributed by atoms with van der Waals surface area (Å²) >= 11 is 1.24. The topological polar surface area (TPSA) is 75.5 Å². The molecule has 7 nitrogen and oxygen atoms in total. The minimum absolute atomic E-state index is 0.0325. The van der Waals surface area contributed by atoms with Gasteiger partial charge in [0, 0.05) is 39.6 Å². The van der Waals surface area contributed by atoms with Crippen LogP contribution in [-0.2, 0) is 20.4 Å². The van der Waals surface area contributed by atoms with E-state index in [0.29, 0.717) is 30.1 Å². The van der Waals surface area contributed by atoms with E-state index in [1.807, 2.05) is 10.6 Å². The number of carbonyl (C=O) groups is 1. The SMILES string of the molecule is Cc1ccsc1S(=O)(=O)N1CCC(C(=O)N(C)C)(n2ccnc2)CC1. The predicted molar refractivity (Wildman–Crippen MR) is 95.9 cm³/mol. The summed E-state index contributed by atoms with van der Waals surface area (Å²) in [6, 6.07) is 1.81. The van der Waals surface area contributed by atoms with Gasteiger partial charge in [-0.25, -0.2) is 13.4 Å². The number of piperidine rings is 1. The molecule has 0 spiro atoms. The van der Waals surface area contributed by atoms with Crippen LogP contribution in [0.3, 0.4) is 0 Å². The molecule has 0 unspecified atom stereocenters. The summed E-state index contributed by atoms with van der Waals surface area (Å²) in [5.74, 6) is -0.0325. The van der Waals surface area contributed by atoms with Gasteiger partial charge in [-0.3, -0.25) is 4.79 Å². The molecule has 3 heterocycles. The average molecular weight is 383 g/mol. The zero-order chi connectivity index (χ0) is 18.2. The van der Waals surface area contributed by atoms with Crippen LogP contribution < -0.4 is 0 Å². The van der Waals surface area contributed by atoms with Crippen LogP contribution in [0, 0.1) is 6.92 Å². The molecule has 1 aliphatic heterocycles. The van der Waals surface area contributed by atoms with Gasteiger partial charge in [-0.1, -0.05) is 0 Å². The Morgan fingerprint density at radius 1 is 1.32 bits per heavy atom. The first-order valence-electron chi connectivity index (χ1n) is 8.03. The summed E-state index contributed by atoms with van der Waals surface area (Å²) in [6.45, 7) is 2.41. The van der Waals surface area contributed by atoms with Crippen molar-refractivity contribution >= 4 is 27.3 Å². The standard InChI is InChI=1S/C16H22N4O3S2/c1-13-4-11-24-14(13)25(22,23)20-8-5-16(6-9-20,15(21)18(2)3)19-10-7-17-12-19/h4,7,10-12H,5-6,8-9H2,1-3H3. The Labute approximate surface area is 151 Å². The molecular weight excluding hydrogens is 360 g/mol. The van der Waals surface area contributed by atoms with Crippen LogP contribution >= 0.6 is 11.3 Å². The number of imidazole rings is 1. The second-order valence-electron chi connectivity index (χ2n) is 6.50. The smallest absolute Gasteiger partial charge is 0.252 e. The minimum Gasteiger partial charge on any atom is -0.347 e. The van der Waals surface area contributed by atoms with Gasteiger partial charge in [-0.15, -0.1) is 11.3 Å². The van der Waals surface area contributed by atoms with Crippen molar-refractivity contribution in [3.05, 3.63) is 35.7 Å². The maximum absolute atomic E-state index is 12.9. The molecular formula is C16H22N4O3S2. The van der Waals surface area contributed by atoms with E-state index >= 15 is 0 Å². The molecule has 0 N–H and O–H groups in total. The van der Waals surface area contributed by atoms with Crippen molar-refractivity contribution in [1.82, 2.24) is 18.8 Å². The molecule has 1 amide bonds. The zero-order valence-electron chi connectivity index (χ0n) is 14.5. The zero-order valence-corrected chi connectivity index (χ0v) is 16.2. The molecule has 2 aromatic rings. The summed E-state index contributed by atoms with van der Waals surface area (Å²) in [5.41, 5.74) is -0.0166. The van der Waals surface area contributed by atoms with Crippen molar-refractivity contribution in [2.75, 3.05) is 27.2 Å². The maximum Gasteiger partial charge on any atom is 0.252 e. The van der Waals surface area contributed by atoms with E-state index in [1.165, 1.54) is 15.6 Å². The fraction of sp³-hybridized carbons (Fsp3) is 0.500. The number of aryl methyl sites for hydroxylation is 1. The molecule has 136 valence electrons. The van der Waals surface area contributed by atoms with Gasteiger partial charge in [-0.2, -0.15) is 4.31 Å². The minimum atomic E-state index is -3.51. The first-order chi connectivity index (χ1) is 11.8. The molecule has 0 aliphatic carbocycles. The Morgan fingerprint density at radius 3 is 2.48 bits per heavy atom. The molecule has 25 heavy (non-hydrogen) atoms. The summed E-state index contributed by atoms with van der Waals surface area (Å²) in [4.78, 5) is 18.5. The number of hydrogen-bond acceptors (Lipinski definition) is 5. The highest BCUT2D eigenvalue weighted by atomic mass is 32.2. The summed E-state index contributed by atoms with van der Waals surface area (Å²) in [6.07, 6.45) is 5.89. The molecule has 3 rings (SSSR count). The lowest BCUT2D eigenvalue weighted by Gasteiger charge is -2.42. The number of nitrogens with zero attached hydrogens (tertiary/aromatic N) is 4. The normalized spacial score (nSPS) is 18.2. The number of sulfonamides is 1. The Kier molecular flexibility index (Phi) is 4.74. The van der Waals surface area contributed by atoms with Gasteiger partial charge in [0.05, 0.1) is 6.33 Å². The number of thiophene rings is 1. The van der Waals surface area contributed by atoms with Gasteiger partial charge in [0.25, 0.3) is 10.0 Å². The van der Waals surface area contributed by atoms with Crippen LogP contribution in [0.2, 0.25) is 0 Å². The molecule has 0 atom stereocenters. The maximum atomic E-state index is 12.9. The predicted octanol–water partition coefficient (Wildman–Crippen LogP) is 1.52. The van der Waals surface area contributed by atoms with Crippen molar-refractivity contribution in [2.24, 2.45) is 0 Å². The van der Waals surface area contributed by atoms with Crippen LogP contribution in [-0.4, -0.2) is 60.3 Å². The van der Waals surface area contributed by atoms with E-state index in [2.05, 4.69) is 4.98 Å². The second kappa shape index (κ2) is 6.54. The van der Waals surface area contributed by atoms with Crippen molar-refractivity contribution in [3.63, 3.8) is 0 Å². The van der Waals surface area contributed by atoms with Crippen molar-refractivity contribution in [1.29, 1.82) is 0 Å². The molecule has 0 bridgehead atoms. The molecule has 1 fully saturated rings. The molecule has 0 saturated carbocycles. The van der Waals surface area contributed by atoms with Gasteiger partial charge in [0.1, 0.15) is 9.75 Å². The first-order valence-corrected chi connectivity index (χ1v) is 10.4.